The summed E-state index contributed by atoms with van der Waals surface area (Å²) in [4.78, 5) is 18.4. The Morgan fingerprint density at radius 2 is 1.80 bits per heavy atom. The molecule has 0 radical (unpaired) electrons. The molecule has 0 aromatic carbocycles. The molecule has 0 N–H and O–H groups in total. The van der Waals surface area contributed by atoms with Gasteiger partial charge < -0.3 is 4.90 Å². The van der Waals surface area contributed by atoms with E-state index in [0.717, 1.165) is 52.1 Å². The summed E-state index contributed by atoms with van der Waals surface area (Å²) >= 11 is 0. The fraction of sp³-hybridized carbons (Fsp3) is 0.867. The van der Waals surface area contributed by atoms with Crippen molar-refractivity contribution in [2.75, 3.05) is 45.8 Å². The van der Waals surface area contributed by atoms with Gasteiger partial charge in [0, 0.05) is 39.3 Å². The van der Waals surface area contributed by atoms with Gasteiger partial charge in [-0.1, -0.05) is 13.3 Å². The lowest BCUT2D eigenvalue weighted by Gasteiger charge is -2.37. The Kier molecular flexibility index (Phi) is 7.56. The van der Waals surface area contributed by atoms with Gasteiger partial charge in [0.05, 0.1) is 18.7 Å². The number of nitrogens with zero attached hydrogens (tertiary/aromatic N) is 4. The number of nitriles is 1. The number of amides is 1. The molecule has 1 amide bonds. The van der Waals surface area contributed by atoms with E-state index in [4.69, 9.17) is 0 Å². The first-order valence-electron chi connectivity index (χ1n) is 7.79. The van der Waals surface area contributed by atoms with Gasteiger partial charge in [0.1, 0.15) is 0 Å². The third kappa shape index (κ3) is 4.77. The fourth-order valence-electron chi connectivity index (χ4n) is 2.70. The minimum absolute atomic E-state index is 0.0423. The normalized spacial score (nSPS) is 18.5. The number of hydrogen-bond acceptors (Lipinski definition) is 4. The molecule has 5 nitrogen and oxygen atoms in total. The van der Waals surface area contributed by atoms with Crippen molar-refractivity contribution in [3.63, 3.8) is 0 Å². The molecule has 1 heterocycles. The zero-order valence-electron chi connectivity index (χ0n) is 13.1. The largest absolute Gasteiger partial charge is 0.342 e. The second-order valence-corrected chi connectivity index (χ2v) is 5.31. The summed E-state index contributed by atoms with van der Waals surface area (Å²) in [5.41, 5.74) is 0. The maximum absolute atomic E-state index is 12.1. The van der Waals surface area contributed by atoms with Crippen LogP contribution in [0.1, 0.15) is 33.6 Å². The second-order valence-electron chi connectivity index (χ2n) is 5.31. The Morgan fingerprint density at radius 3 is 2.25 bits per heavy atom. The Bertz CT molecular complexity index is 327. The van der Waals surface area contributed by atoms with Crippen LogP contribution in [0.3, 0.4) is 0 Å². The van der Waals surface area contributed by atoms with Crippen LogP contribution in [0, 0.1) is 11.3 Å². The zero-order valence-corrected chi connectivity index (χ0v) is 13.1. The van der Waals surface area contributed by atoms with E-state index in [-0.39, 0.29) is 11.9 Å². The minimum Gasteiger partial charge on any atom is -0.342 e. The molecule has 0 aliphatic carbocycles. The van der Waals surface area contributed by atoms with Crippen LogP contribution in [0.15, 0.2) is 0 Å². The Balaban J connectivity index is 2.39. The molecule has 1 aliphatic heterocycles. The lowest BCUT2D eigenvalue weighted by molar-refractivity contribution is -0.132. The molecule has 20 heavy (non-hydrogen) atoms. The standard InChI is InChI=1S/C15H28N4O/c1-4-7-14(12-16)19-10-8-17(9-11-19)13-15(20)18(5-2)6-3/h14H,4-11,13H2,1-3H3. The predicted octanol–water partition coefficient (Wildman–Crippen LogP) is 1.16. The lowest BCUT2D eigenvalue weighted by Crippen LogP contribution is -2.52. The van der Waals surface area contributed by atoms with Crippen molar-refractivity contribution in [3.05, 3.63) is 0 Å². The number of hydrogen-bond donors (Lipinski definition) is 0. The second kappa shape index (κ2) is 8.93. The van der Waals surface area contributed by atoms with Crippen LogP contribution < -0.4 is 0 Å². The van der Waals surface area contributed by atoms with Gasteiger partial charge in [-0.25, -0.2) is 0 Å². The Hall–Kier alpha value is -1.12. The van der Waals surface area contributed by atoms with E-state index in [2.05, 4.69) is 22.8 Å². The SMILES string of the molecule is CCCC(C#N)N1CCN(CC(=O)N(CC)CC)CC1. The smallest absolute Gasteiger partial charge is 0.236 e. The monoisotopic (exact) mass is 280 g/mol. The third-order valence-electron chi connectivity index (χ3n) is 4.03. The van der Waals surface area contributed by atoms with E-state index in [0.29, 0.717) is 6.54 Å². The van der Waals surface area contributed by atoms with Crippen molar-refractivity contribution in [2.45, 2.75) is 39.7 Å². The molecule has 0 aromatic heterocycles. The number of carbonyl (C=O) groups excluding carboxylic acids is 1. The van der Waals surface area contributed by atoms with Crippen LogP contribution in [-0.2, 0) is 4.79 Å². The molecule has 0 spiro atoms. The highest BCUT2D eigenvalue weighted by atomic mass is 16.2. The highest BCUT2D eigenvalue weighted by Crippen LogP contribution is 2.10. The van der Waals surface area contributed by atoms with Crippen molar-refractivity contribution in [3.8, 4) is 6.07 Å². The Morgan fingerprint density at radius 1 is 1.20 bits per heavy atom. The molecular weight excluding hydrogens is 252 g/mol. The molecule has 1 aliphatic rings. The quantitative estimate of drug-likeness (QED) is 0.702. The van der Waals surface area contributed by atoms with Gasteiger partial charge in [-0.05, 0) is 20.3 Å². The molecule has 1 fully saturated rings. The van der Waals surface area contributed by atoms with Crippen LogP contribution in [0.25, 0.3) is 0 Å². The molecule has 0 bridgehead atoms. The van der Waals surface area contributed by atoms with E-state index in [1.165, 1.54) is 0 Å². The molecule has 114 valence electrons. The molecule has 1 saturated heterocycles. The summed E-state index contributed by atoms with van der Waals surface area (Å²) in [6.07, 6.45) is 1.98. The average Bonchev–Trinajstić information content (AvgIpc) is 2.47. The molecule has 1 rings (SSSR count). The number of likely N-dealkylation sites (N-methyl/N-ethyl adjacent to an activating group) is 1. The first-order valence-corrected chi connectivity index (χ1v) is 7.79. The minimum atomic E-state index is 0.0423. The molecule has 1 unspecified atom stereocenters. The van der Waals surface area contributed by atoms with Gasteiger partial charge in [-0.3, -0.25) is 14.6 Å². The van der Waals surface area contributed by atoms with Crippen LogP contribution >= 0.6 is 0 Å². The van der Waals surface area contributed by atoms with Gasteiger partial charge in [0.2, 0.25) is 5.91 Å². The molecule has 0 aromatic rings. The van der Waals surface area contributed by atoms with Crippen LogP contribution in [0.4, 0.5) is 0 Å². The predicted molar refractivity (Wildman–Crippen MR) is 80.3 cm³/mol. The average molecular weight is 280 g/mol. The van der Waals surface area contributed by atoms with Gasteiger partial charge >= 0.3 is 0 Å². The summed E-state index contributed by atoms with van der Waals surface area (Å²) in [6, 6.07) is 2.44. The first kappa shape index (κ1) is 16.9. The molecule has 5 heteroatoms. The summed E-state index contributed by atoms with van der Waals surface area (Å²) in [5, 5.41) is 9.19. The highest BCUT2D eigenvalue weighted by molar-refractivity contribution is 5.78. The summed E-state index contributed by atoms with van der Waals surface area (Å²) in [7, 11) is 0. The van der Waals surface area contributed by atoms with Crippen molar-refractivity contribution in [2.24, 2.45) is 0 Å². The number of rotatable bonds is 7. The van der Waals surface area contributed by atoms with Crippen molar-refractivity contribution < 1.29 is 4.79 Å². The van der Waals surface area contributed by atoms with Crippen molar-refractivity contribution >= 4 is 5.91 Å². The van der Waals surface area contributed by atoms with E-state index in [1.54, 1.807) is 0 Å². The Labute approximate surface area is 123 Å². The summed E-state index contributed by atoms with van der Waals surface area (Å²) in [6.45, 7) is 11.8. The molecule has 1 atom stereocenters. The van der Waals surface area contributed by atoms with Gasteiger partial charge in [-0.2, -0.15) is 5.26 Å². The van der Waals surface area contributed by atoms with Crippen LogP contribution in [0.5, 0.6) is 0 Å². The maximum atomic E-state index is 12.1. The van der Waals surface area contributed by atoms with E-state index in [9.17, 15) is 10.1 Å². The third-order valence-corrected chi connectivity index (χ3v) is 4.03. The fourth-order valence-corrected chi connectivity index (χ4v) is 2.70. The summed E-state index contributed by atoms with van der Waals surface area (Å²) < 4.78 is 0. The van der Waals surface area contributed by atoms with Crippen molar-refractivity contribution in [1.29, 1.82) is 5.26 Å². The number of carbonyl (C=O) groups is 1. The van der Waals surface area contributed by atoms with Crippen LogP contribution in [0.2, 0.25) is 0 Å². The topological polar surface area (TPSA) is 50.6 Å². The van der Waals surface area contributed by atoms with E-state index in [1.807, 2.05) is 18.7 Å². The number of piperazine rings is 1. The molecule has 0 saturated carbocycles. The maximum Gasteiger partial charge on any atom is 0.236 e. The lowest BCUT2D eigenvalue weighted by atomic mass is 10.1. The molecular formula is C15H28N4O. The van der Waals surface area contributed by atoms with Crippen molar-refractivity contribution in [1.82, 2.24) is 14.7 Å². The zero-order chi connectivity index (χ0) is 15.0. The summed E-state index contributed by atoms with van der Waals surface area (Å²) in [5.74, 6) is 0.217. The van der Waals surface area contributed by atoms with E-state index < -0.39 is 0 Å². The van der Waals surface area contributed by atoms with Crippen LogP contribution in [-0.4, -0.2) is 72.5 Å². The first-order chi connectivity index (χ1) is 9.65. The van der Waals surface area contributed by atoms with E-state index >= 15 is 0 Å². The van der Waals surface area contributed by atoms with Gasteiger partial charge in [-0.15, -0.1) is 0 Å². The van der Waals surface area contributed by atoms with Gasteiger partial charge in [0.15, 0.2) is 0 Å². The highest BCUT2D eigenvalue weighted by Gasteiger charge is 2.24. The van der Waals surface area contributed by atoms with Gasteiger partial charge in [0.25, 0.3) is 0 Å².